The number of aromatic nitrogens is 2. The number of hydrogen-bond donors (Lipinski definition) is 2. The Morgan fingerprint density at radius 2 is 2.16 bits per heavy atom. The molecule has 38 heavy (non-hydrogen) atoms. The van der Waals surface area contributed by atoms with Crippen molar-refractivity contribution < 1.29 is 28.6 Å². The van der Waals surface area contributed by atoms with Crippen molar-refractivity contribution in [2.75, 3.05) is 11.5 Å². The van der Waals surface area contributed by atoms with E-state index < -0.39 is 29.2 Å². The van der Waals surface area contributed by atoms with Crippen molar-refractivity contribution >= 4 is 80.2 Å². The maximum atomic E-state index is 12.9. The third kappa shape index (κ3) is 5.59. The van der Waals surface area contributed by atoms with Gasteiger partial charge in [0.05, 0.1) is 5.02 Å². The first-order valence-corrected chi connectivity index (χ1v) is 15.0. The molecule has 0 saturated carbocycles. The number of ether oxygens (including phenoxy) is 1. The van der Waals surface area contributed by atoms with Crippen LogP contribution in [0, 0.1) is 6.92 Å². The summed E-state index contributed by atoms with van der Waals surface area (Å²) in [5.74, 6) is -0.590. The summed E-state index contributed by atoms with van der Waals surface area (Å²) in [7, 11) is 0. The molecule has 4 heterocycles. The maximum absolute atomic E-state index is 12.9. The van der Waals surface area contributed by atoms with Crippen LogP contribution in [0.25, 0.3) is 0 Å². The molecule has 0 radical (unpaired) electrons. The summed E-state index contributed by atoms with van der Waals surface area (Å²) >= 11 is 13.7. The van der Waals surface area contributed by atoms with E-state index in [1.54, 1.807) is 24.3 Å². The van der Waals surface area contributed by atoms with Crippen molar-refractivity contribution in [1.29, 1.82) is 0 Å². The van der Waals surface area contributed by atoms with Crippen molar-refractivity contribution in [3.05, 3.63) is 67.6 Å². The molecule has 1 saturated heterocycles. The molecule has 1 fully saturated rings. The van der Waals surface area contributed by atoms with Gasteiger partial charge in [-0.05, 0) is 42.8 Å². The minimum absolute atomic E-state index is 0.0102. The number of carbonyl (C=O) groups is 3. The van der Waals surface area contributed by atoms with Gasteiger partial charge < -0.3 is 19.6 Å². The van der Waals surface area contributed by atoms with Crippen molar-refractivity contribution in [3.8, 4) is 5.75 Å². The Morgan fingerprint density at radius 3 is 2.87 bits per heavy atom. The highest BCUT2D eigenvalue weighted by atomic mass is 79.9. The Kier molecular flexibility index (Phi) is 8.05. The number of furan rings is 1. The number of β-lactam (4-membered cyclic amide) rings is 1. The highest BCUT2D eigenvalue weighted by Gasteiger charge is 2.54. The number of aliphatic carboxylic acids is 1. The fraction of sp³-hybridized carbons (Fsp3) is 0.261. The number of carboxylic acid groups (broad SMARTS) is 1. The van der Waals surface area contributed by atoms with E-state index in [4.69, 9.17) is 20.8 Å². The van der Waals surface area contributed by atoms with E-state index in [1.807, 2.05) is 6.92 Å². The fourth-order valence-electron chi connectivity index (χ4n) is 3.81. The summed E-state index contributed by atoms with van der Waals surface area (Å²) < 4.78 is 12.8. The molecular weight excluding hydrogens is 640 g/mol. The van der Waals surface area contributed by atoms with Crippen molar-refractivity contribution in [1.82, 2.24) is 20.4 Å². The summed E-state index contributed by atoms with van der Waals surface area (Å²) in [6.45, 7) is 1.89. The summed E-state index contributed by atoms with van der Waals surface area (Å²) in [6.07, 6.45) is 0. The van der Waals surface area contributed by atoms with E-state index in [-0.39, 0.29) is 18.1 Å². The summed E-state index contributed by atoms with van der Waals surface area (Å²) in [6, 6.07) is 7.41. The van der Waals surface area contributed by atoms with Gasteiger partial charge in [0, 0.05) is 16.0 Å². The zero-order chi connectivity index (χ0) is 27.0. The monoisotopic (exact) mass is 656 g/mol. The number of halogens is 2. The lowest BCUT2D eigenvalue weighted by Gasteiger charge is -2.49. The van der Waals surface area contributed by atoms with Gasteiger partial charge in [0.25, 0.3) is 11.8 Å². The first-order valence-electron chi connectivity index (χ1n) is 11.0. The molecule has 0 spiro atoms. The number of nitrogens with zero attached hydrogens (tertiary/aromatic N) is 3. The average molecular weight is 658 g/mol. The van der Waals surface area contributed by atoms with E-state index in [1.165, 1.54) is 45.8 Å². The lowest BCUT2D eigenvalue weighted by molar-refractivity contribution is -0.148. The second-order valence-electron chi connectivity index (χ2n) is 8.12. The lowest BCUT2D eigenvalue weighted by Crippen LogP contribution is -2.70. The van der Waals surface area contributed by atoms with Gasteiger partial charge in [-0.1, -0.05) is 50.6 Å². The van der Waals surface area contributed by atoms with Crippen LogP contribution in [-0.2, 0) is 16.2 Å². The normalized spacial score (nSPS) is 18.7. The zero-order valence-electron chi connectivity index (χ0n) is 19.5. The standard InChI is InChI=1S/C23H18BrClN4O6S3/c1-10-27-28-23(38-10)37-9-11-8-36-21-17(20(31)29(21)18(11)22(32)33)26-19(30)16-5-3-13(35-16)7-34-15-4-2-12(24)6-14(15)25/h2-6,17,21H,7-9H2,1H3,(H,26,30)(H,32,33)/t17-,21+/m1/s1. The molecule has 0 bridgehead atoms. The molecule has 15 heteroatoms. The first-order chi connectivity index (χ1) is 18.2. The molecular formula is C23H18BrClN4O6S3. The lowest BCUT2D eigenvalue weighted by atomic mass is 10.0. The van der Waals surface area contributed by atoms with Crippen LogP contribution in [0.15, 0.2) is 54.8 Å². The minimum atomic E-state index is -1.18. The highest BCUT2D eigenvalue weighted by Crippen LogP contribution is 2.42. The van der Waals surface area contributed by atoms with Gasteiger partial charge >= 0.3 is 5.97 Å². The highest BCUT2D eigenvalue weighted by molar-refractivity contribution is 9.10. The minimum Gasteiger partial charge on any atom is -0.484 e. The van der Waals surface area contributed by atoms with E-state index in [9.17, 15) is 19.5 Å². The smallest absolute Gasteiger partial charge is 0.352 e. The number of rotatable bonds is 9. The molecule has 0 aliphatic carbocycles. The van der Waals surface area contributed by atoms with E-state index >= 15 is 0 Å². The van der Waals surface area contributed by atoms with Gasteiger partial charge in [0.15, 0.2) is 10.1 Å². The maximum Gasteiger partial charge on any atom is 0.352 e. The Morgan fingerprint density at radius 1 is 1.34 bits per heavy atom. The summed E-state index contributed by atoms with van der Waals surface area (Å²) in [4.78, 5) is 39.0. The van der Waals surface area contributed by atoms with Crippen molar-refractivity contribution in [2.24, 2.45) is 0 Å². The third-order valence-corrected chi connectivity index (χ3v) is 9.75. The number of aryl methyl sites for hydroxylation is 1. The van der Waals surface area contributed by atoms with Gasteiger partial charge in [-0.25, -0.2) is 4.79 Å². The fourth-order valence-corrected chi connectivity index (χ4v) is 7.84. The summed E-state index contributed by atoms with van der Waals surface area (Å²) in [5, 5.41) is 21.2. The van der Waals surface area contributed by atoms with Crippen LogP contribution in [0.4, 0.5) is 0 Å². The van der Waals surface area contributed by atoms with Gasteiger partial charge in [0.1, 0.15) is 40.2 Å². The quantitative estimate of drug-likeness (QED) is 0.249. The van der Waals surface area contributed by atoms with Crippen molar-refractivity contribution in [3.63, 3.8) is 0 Å². The Hall–Kier alpha value is -2.52. The van der Waals surface area contributed by atoms with E-state index in [0.29, 0.717) is 33.6 Å². The predicted octanol–water partition coefficient (Wildman–Crippen LogP) is 4.58. The summed E-state index contributed by atoms with van der Waals surface area (Å²) in [5.41, 5.74) is 0.582. The molecule has 0 unspecified atom stereocenters. The Bertz CT molecular complexity index is 1460. The number of fused-ring (bicyclic) bond motifs is 1. The average Bonchev–Trinajstić information content (AvgIpc) is 3.53. The van der Waals surface area contributed by atoms with Gasteiger partial charge in [-0.3, -0.25) is 14.5 Å². The van der Waals surface area contributed by atoms with Crippen LogP contribution < -0.4 is 10.1 Å². The number of carbonyl (C=O) groups excluding carboxylic acids is 2. The molecule has 1 aromatic carbocycles. The molecule has 2 aliphatic rings. The molecule has 5 rings (SSSR count). The molecule has 2 aliphatic heterocycles. The molecule has 2 amide bonds. The van der Waals surface area contributed by atoms with Crippen LogP contribution >= 0.6 is 62.4 Å². The number of nitrogens with one attached hydrogen (secondary N) is 1. The second-order valence-corrected chi connectivity index (χ2v) is 13.0. The number of amides is 2. The van der Waals surface area contributed by atoms with Crippen LogP contribution in [0.3, 0.4) is 0 Å². The van der Waals surface area contributed by atoms with E-state index in [2.05, 4.69) is 31.4 Å². The van der Waals surface area contributed by atoms with Crippen molar-refractivity contribution in [2.45, 2.75) is 29.3 Å². The number of benzene rings is 1. The number of hydrogen-bond acceptors (Lipinski definition) is 10. The molecule has 2 N–H and O–H groups in total. The SMILES string of the molecule is Cc1nnc(SCC2=C(C(=O)O)N3C(=O)[C@@H](NC(=O)c4ccc(COc5ccc(Br)cc5Cl)o4)[C@@H]3SC2)s1. The molecule has 198 valence electrons. The van der Waals surface area contributed by atoms with Gasteiger partial charge in [0.2, 0.25) is 0 Å². The molecule has 3 aromatic rings. The first kappa shape index (κ1) is 27.1. The topological polar surface area (TPSA) is 135 Å². The largest absolute Gasteiger partial charge is 0.484 e. The zero-order valence-corrected chi connectivity index (χ0v) is 24.3. The Balaban J connectivity index is 1.20. The molecule has 2 aromatic heterocycles. The van der Waals surface area contributed by atoms with Crippen LogP contribution in [0.1, 0.15) is 21.3 Å². The van der Waals surface area contributed by atoms with Gasteiger partial charge in [-0.2, -0.15) is 0 Å². The van der Waals surface area contributed by atoms with Crippen LogP contribution in [0.2, 0.25) is 5.02 Å². The third-order valence-electron chi connectivity index (χ3n) is 5.56. The van der Waals surface area contributed by atoms with Crippen LogP contribution in [-0.4, -0.2) is 60.9 Å². The molecule has 10 nitrogen and oxygen atoms in total. The number of thioether (sulfide) groups is 2. The van der Waals surface area contributed by atoms with Gasteiger partial charge in [-0.15, -0.1) is 22.0 Å². The Labute approximate surface area is 242 Å². The molecule has 2 atom stereocenters. The van der Waals surface area contributed by atoms with E-state index in [0.717, 1.165) is 13.8 Å². The second kappa shape index (κ2) is 11.3. The van der Waals surface area contributed by atoms with Crippen LogP contribution in [0.5, 0.6) is 5.75 Å². The predicted molar refractivity (Wildman–Crippen MR) is 147 cm³/mol. The number of carboxylic acids is 1.